The Labute approximate surface area is 78.4 Å². The van der Waals surface area contributed by atoms with Crippen LogP contribution in [-0.2, 0) is 0 Å². The Morgan fingerprint density at radius 2 is 2.36 bits per heavy atom. The van der Waals surface area contributed by atoms with E-state index in [1.54, 1.807) is 24.3 Å². The first kappa shape index (κ1) is 8.19. The van der Waals surface area contributed by atoms with Crippen LogP contribution in [0.3, 0.4) is 0 Å². The molecule has 14 heavy (non-hydrogen) atoms. The standard InChI is InChI=1S/C8H5N5O/c9-5-6-2-1-3-7(4-6)13-8(14)10-11-12-13/h1-4H,(H,10,12,14). The van der Waals surface area contributed by atoms with Gasteiger partial charge >= 0.3 is 5.69 Å². The van der Waals surface area contributed by atoms with Crippen molar-refractivity contribution in [3.63, 3.8) is 0 Å². The van der Waals surface area contributed by atoms with Crippen molar-refractivity contribution in [2.45, 2.75) is 0 Å². The van der Waals surface area contributed by atoms with Crippen LogP contribution in [0.15, 0.2) is 29.1 Å². The van der Waals surface area contributed by atoms with E-state index in [-0.39, 0.29) is 0 Å². The molecule has 1 aromatic carbocycles. The van der Waals surface area contributed by atoms with Crippen LogP contribution in [0.5, 0.6) is 0 Å². The lowest BCUT2D eigenvalue weighted by atomic mass is 10.2. The highest BCUT2D eigenvalue weighted by atomic mass is 16.2. The summed E-state index contributed by atoms with van der Waals surface area (Å²) in [5.41, 5.74) is 0.556. The molecule has 2 aromatic rings. The van der Waals surface area contributed by atoms with Gasteiger partial charge in [0.1, 0.15) is 0 Å². The van der Waals surface area contributed by atoms with Crippen molar-refractivity contribution in [1.82, 2.24) is 20.2 Å². The molecule has 0 atom stereocenters. The van der Waals surface area contributed by atoms with Gasteiger partial charge in [-0.2, -0.15) is 9.94 Å². The fraction of sp³-hybridized carbons (Fsp3) is 0. The van der Waals surface area contributed by atoms with E-state index in [1.807, 2.05) is 6.07 Å². The van der Waals surface area contributed by atoms with Gasteiger partial charge in [-0.25, -0.2) is 9.89 Å². The van der Waals surface area contributed by atoms with Crippen molar-refractivity contribution in [1.29, 1.82) is 5.26 Å². The molecule has 0 unspecified atom stereocenters. The van der Waals surface area contributed by atoms with Crippen molar-refractivity contribution in [3.8, 4) is 11.8 Å². The lowest BCUT2D eigenvalue weighted by Gasteiger charge is -1.96. The SMILES string of the molecule is N#Cc1cccc(-n2nn[nH]c2=O)c1. The van der Waals surface area contributed by atoms with Gasteiger partial charge < -0.3 is 0 Å². The summed E-state index contributed by atoms with van der Waals surface area (Å²) in [5.74, 6) is 0. The van der Waals surface area contributed by atoms with Gasteiger partial charge in [-0.1, -0.05) is 6.07 Å². The number of nitrogens with one attached hydrogen (secondary N) is 1. The van der Waals surface area contributed by atoms with E-state index in [4.69, 9.17) is 5.26 Å². The molecule has 68 valence electrons. The molecule has 6 nitrogen and oxygen atoms in total. The van der Waals surface area contributed by atoms with E-state index in [1.165, 1.54) is 0 Å². The molecule has 0 aliphatic carbocycles. The summed E-state index contributed by atoms with van der Waals surface area (Å²) in [7, 11) is 0. The van der Waals surface area contributed by atoms with Gasteiger partial charge in [-0.05, 0) is 28.6 Å². The molecule has 2 rings (SSSR count). The van der Waals surface area contributed by atoms with Crippen molar-refractivity contribution in [2.75, 3.05) is 0 Å². The molecule has 0 saturated heterocycles. The summed E-state index contributed by atoms with van der Waals surface area (Å²) < 4.78 is 1.08. The van der Waals surface area contributed by atoms with Crippen molar-refractivity contribution in [3.05, 3.63) is 40.3 Å². The van der Waals surface area contributed by atoms with E-state index in [9.17, 15) is 4.79 Å². The molecule has 0 bridgehead atoms. The molecule has 0 aliphatic heterocycles. The quantitative estimate of drug-likeness (QED) is 0.671. The Morgan fingerprint density at radius 3 is 3.00 bits per heavy atom. The molecule has 1 heterocycles. The van der Waals surface area contributed by atoms with Crippen LogP contribution in [0, 0.1) is 11.3 Å². The number of tetrazole rings is 1. The van der Waals surface area contributed by atoms with E-state index < -0.39 is 5.69 Å². The van der Waals surface area contributed by atoms with Crippen LogP contribution in [0.25, 0.3) is 5.69 Å². The molecule has 0 radical (unpaired) electrons. The number of rotatable bonds is 1. The average molecular weight is 187 g/mol. The second kappa shape index (κ2) is 3.14. The van der Waals surface area contributed by atoms with Crippen LogP contribution >= 0.6 is 0 Å². The van der Waals surface area contributed by atoms with E-state index in [2.05, 4.69) is 15.5 Å². The Morgan fingerprint density at radius 1 is 1.50 bits per heavy atom. The highest BCUT2D eigenvalue weighted by Crippen LogP contribution is 2.05. The number of nitriles is 1. The monoisotopic (exact) mass is 187 g/mol. The van der Waals surface area contributed by atoms with Crippen LogP contribution in [0.1, 0.15) is 5.56 Å². The minimum Gasteiger partial charge on any atom is -0.244 e. The van der Waals surface area contributed by atoms with Crippen molar-refractivity contribution >= 4 is 0 Å². The molecule has 0 spiro atoms. The van der Waals surface area contributed by atoms with Gasteiger partial charge in [0.05, 0.1) is 17.3 Å². The molecule has 0 aliphatic rings. The number of hydrogen-bond acceptors (Lipinski definition) is 4. The van der Waals surface area contributed by atoms with Crippen molar-refractivity contribution in [2.24, 2.45) is 0 Å². The highest BCUT2D eigenvalue weighted by Gasteiger charge is 2.02. The first-order chi connectivity index (χ1) is 6.81. The first-order valence-electron chi connectivity index (χ1n) is 3.82. The zero-order valence-electron chi connectivity index (χ0n) is 7.01. The van der Waals surface area contributed by atoms with Crippen LogP contribution in [0.2, 0.25) is 0 Å². The van der Waals surface area contributed by atoms with Gasteiger partial charge in [-0.3, -0.25) is 0 Å². The third kappa shape index (κ3) is 1.27. The summed E-state index contributed by atoms with van der Waals surface area (Å²) in [4.78, 5) is 11.1. The predicted molar refractivity (Wildman–Crippen MR) is 46.7 cm³/mol. The van der Waals surface area contributed by atoms with Crippen molar-refractivity contribution < 1.29 is 0 Å². The lowest BCUT2D eigenvalue weighted by Crippen LogP contribution is -2.15. The number of nitrogens with zero attached hydrogens (tertiary/aromatic N) is 4. The third-order valence-electron chi connectivity index (χ3n) is 1.69. The topological polar surface area (TPSA) is 87.4 Å². The molecule has 0 fully saturated rings. The molecular formula is C8H5N5O. The maximum atomic E-state index is 11.1. The van der Waals surface area contributed by atoms with Gasteiger partial charge in [-0.15, -0.1) is 0 Å². The van der Waals surface area contributed by atoms with Crippen LogP contribution in [0.4, 0.5) is 0 Å². The minimum absolute atomic E-state index is 0.430. The summed E-state index contributed by atoms with van der Waals surface area (Å²) in [6.07, 6.45) is 0. The van der Waals surface area contributed by atoms with Gasteiger partial charge in [0.15, 0.2) is 0 Å². The third-order valence-corrected chi connectivity index (χ3v) is 1.69. The molecule has 0 saturated carbocycles. The smallest absolute Gasteiger partial charge is 0.244 e. The Hall–Kier alpha value is -2.42. The zero-order valence-corrected chi connectivity index (χ0v) is 7.01. The Kier molecular flexibility index (Phi) is 1.84. The predicted octanol–water partition coefficient (Wildman–Crippen LogP) is -0.173. The Balaban J connectivity index is 2.59. The molecule has 1 aromatic heterocycles. The summed E-state index contributed by atoms with van der Waals surface area (Å²) in [6.45, 7) is 0. The van der Waals surface area contributed by atoms with E-state index in [0.29, 0.717) is 11.3 Å². The van der Waals surface area contributed by atoms with E-state index >= 15 is 0 Å². The second-order valence-corrected chi connectivity index (χ2v) is 2.58. The maximum absolute atomic E-state index is 11.1. The minimum atomic E-state index is -0.430. The number of hydrogen-bond donors (Lipinski definition) is 1. The molecule has 0 amide bonds. The number of aromatic amines is 1. The lowest BCUT2D eigenvalue weighted by molar-refractivity contribution is 0.779. The van der Waals surface area contributed by atoms with Crippen LogP contribution < -0.4 is 5.69 Å². The molecule has 6 heteroatoms. The number of aromatic nitrogens is 4. The summed E-state index contributed by atoms with van der Waals surface area (Å²) in [5, 5.41) is 17.7. The Bertz CT molecular complexity index is 547. The van der Waals surface area contributed by atoms with Crippen LogP contribution in [-0.4, -0.2) is 20.2 Å². The first-order valence-corrected chi connectivity index (χ1v) is 3.82. The summed E-state index contributed by atoms with van der Waals surface area (Å²) in [6, 6.07) is 8.53. The molecule has 1 N–H and O–H groups in total. The molecular weight excluding hydrogens is 182 g/mol. The van der Waals surface area contributed by atoms with E-state index in [0.717, 1.165) is 4.68 Å². The zero-order chi connectivity index (χ0) is 9.97. The average Bonchev–Trinajstić information content (AvgIpc) is 2.65. The van der Waals surface area contributed by atoms with Gasteiger partial charge in [0.25, 0.3) is 0 Å². The van der Waals surface area contributed by atoms with Gasteiger partial charge in [0, 0.05) is 0 Å². The fourth-order valence-electron chi connectivity index (χ4n) is 1.07. The second-order valence-electron chi connectivity index (χ2n) is 2.58. The number of benzene rings is 1. The number of H-pyrrole nitrogens is 1. The maximum Gasteiger partial charge on any atom is 0.365 e. The van der Waals surface area contributed by atoms with Gasteiger partial charge in [0.2, 0.25) is 0 Å². The summed E-state index contributed by atoms with van der Waals surface area (Å²) >= 11 is 0. The normalized spacial score (nSPS) is 9.64. The fourth-order valence-corrected chi connectivity index (χ4v) is 1.07. The largest absolute Gasteiger partial charge is 0.365 e. The highest BCUT2D eigenvalue weighted by molar-refractivity contribution is 5.40.